The summed E-state index contributed by atoms with van der Waals surface area (Å²) >= 11 is 1.72. The van der Waals surface area contributed by atoms with E-state index in [1.54, 1.807) is 22.2 Å². The van der Waals surface area contributed by atoms with Crippen molar-refractivity contribution in [3.05, 3.63) is 33.8 Å². The van der Waals surface area contributed by atoms with Gasteiger partial charge in [0, 0.05) is 16.8 Å². The van der Waals surface area contributed by atoms with Gasteiger partial charge in [0.1, 0.15) is 0 Å². The van der Waals surface area contributed by atoms with E-state index in [9.17, 15) is 0 Å². The minimum Gasteiger partial charge on any atom is -0.270 e. The summed E-state index contributed by atoms with van der Waals surface area (Å²) in [5.74, 6) is 5.56. The van der Waals surface area contributed by atoms with Gasteiger partial charge in [0.05, 0.1) is 17.9 Å². The molecule has 2 aromatic rings. The van der Waals surface area contributed by atoms with Gasteiger partial charge < -0.3 is 0 Å². The molecule has 0 bridgehead atoms. The first kappa shape index (κ1) is 10.3. The molecule has 80 valence electrons. The smallest absolute Gasteiger partial charge is 0.0986 e. The van der Waals surface area contributed by atoms with E-state index in [0.717, 1.165) is 5.69 Å². The van der Waals surface area contributed by atoms with Gasteiger partial charge in [-0.2, -0.15) is 0 Å². The molecule has 15 heavy (non-hydrogen) atoms. The lowest BCUT2D eigenvalue weighted by molar-refractivity contribution is 0.576. The largest absolute Gasteiger partial charge is 0.270 e. The Morgan fingerprint density at radius 1 is 1.53 bits per heavy atom. The predicted octanol–water partition coefficient (Wildman–Crippen LogP) is 0.738. The van der Waals surface area contributed by atoms with Crippen LogP contribution in [0.2, 0.25) is 0 Å². The van der Waals surface area contributed by atoms with E-state index in [-0.39, 0.29) is 6.04 Å². The summed E-state index contributed by atoms with van der Waals surface area (Å²) in [6.45, 7) is 2.07. The maximum absolute atomic E-state index is 5.56. The number of nitrogens with two attached hydrogens (primary N) is 1. The third-order valence-corrected chi connectivity index (χ3v) is 3.32. The zero-order valence-electron chi connectivity index (χ0n) is 8.64. The minimum absolute atomic E-state index is 0.0382. The summed E-state index contributed by atoms with van der Waals surface area (Å²) in [7, 11) is 1.85. The van der Waals surface area contributed by atoms with E-state index in [1.165, 1.54) is 9.75 Å². The molecule has 2 heterocycles. The topological polar surface area (TPSA) is 68.8 Å². The van der Waals surface area contributed by atoms with Crippen molar-refractivity contribution in [3.63, 3.8) is 0 Å². The number of aryl methyl sites for hydroxylation is 2. The Morgan fingerprint density at radius 3 is 2.80 bits per heavy atom. The quantitative estimate of drug-likeness (QED) is 0.595. The van der Waals surface area contributed by atoms with Crippen molar-refractivity contribution in [1.82, 2.24) is 20.4 Å². The Balaban J connectivity index is 2.36. The van der Waals surface area contributed by atoms with Crippen molar-refractivity contribution in [2.75, 3.05) is 0 Å². The van der Waals surface area contributed by atoms with Gasteiger partial charge in [-0.3, -0.25) is 10.5 Å². The maximum Gasteiger partial charge on any atom is 0.0986 e. The first-order valence-electron chi connectivity index (χ1n) is 4.59. The molecule has 0 fully saturated rings. The summed E-state index contributed by atoms with van der Waals surface area (Å²) in [6, 6.07) is 4.11. The average molecular weight is 223 g/mol. The number of hydrazine groups is 1. The van der Waals surface area contributed by atoms with E-state index >= 15 is 0 Å². The van der Waals surface area contributed by atoms with Gasteiger partial charge >= 0.3 is 0 Å². The van der Waals surface area contributed by atoms with Gasteiger partial charge in [-0.1, -0.05) is 5.21 Å². The summed E-state index contributed by atoms with van der Waals surface area (Å²) in [5, 5.41) is 7.74. The van der Waals surface area contributed by atoms with Crippen LogP contribution in [0.3, 0.4) is 0 Å². The lowest BCUT2D eigenvalue weighted by Crippen LogP contribution is -2.29. The molecule has 5 nitrogen and oxygen atoms in total. The van der Waals surface area contributed by atoms with Gasteiger partial charge in [0.25, 0.3) is 0 Å². The summed E-state index contributed by atoms with van der Waals surface area (Å²) < 4.78 is 1.72. The minimum atomic E-state index is -0.0382. The molecule has 0 spiro atoms. The third-order valence-electron chi connectivity index (χ3n) is 2.26. The van der Waals surface area contributed by atoms with Crippen LogP contribution >= 0.6 is 11.3 Å². The van der Waals surface area contributed by atoms with Gasteiger partial charge in [0.2, 0.25) is 0 Å². The van der Waals surface area contributed by atoms with Crippen molar-refractivity contribution >= 4 is 11.3 Å². The first-order chi connectivity index (χ1) is 7.22. The highest BCUT2D eigenvalue weighted by Gasteiger charge is 2.17. The Hall–Kier alpha value is -1.24. The Kier molecular flexibility index (Phi) is 2.81. The molecule has 1 unspecified atom stereocenters. The summed E-state index contributed by atoms with van der Waals surface area (Å²) in [5.41, 5.74) is 3.74. The standard InChI is InChI=1S/C9H13N5S/c1-6-3-4-8(15-6)9(12-10)7-5-11-13-14(7)2/h3-5,9,12H,10H2,1-2H3. The highest BCUT2D eigenvalue weighted by molar-refractivity contribution is 7.12. The lowest BCUT2D eigenvalue weighted by Gasteiger charge is -2.13. The monoisotopic (exact) mass is 223 g/mol. The fraction of sp³-hybridized carbons (Fsp3) is 0.333. The van der Waals surface area contributed by atoms with Crippen LogP contribution in [0.4, 0.5) is 0 Å². The number of nitrogens with zero attached hydrogens (tertiary/aromatic N) is 3. The highest BCUT2D eigenvalue weighted by atomic mass is 32.1. The molecule has 3 N–H and O–H groups in total. The zero-order chi connectivity index (χ0) is 10.8. The molecule has 6 heteroatoms. The molecular weight excluding hydrogens is 210 g/mol. The number of hydrogen-bond donors (Lipinski definition) is 2. The van der Waals surface area contributed by atoms with Crippen molar-refractivity contribution in [2.24, 2.45) is 12.9 Å². The Morgan fingerprint density at radius 2 is 2.33 bits per heavy atom. The molecule has 0 saturated carbocycles. The molecule has 0 amide bonds. The second kappa shape index (κ2) is 4.09. The summed E-state index contributed by atoms with van der Waals surface area (Å²) in [6.07, 6.45) is 1.72. The number of thiophene rings is 1. The van der Waals surface area contributed by atoms with Crippen molar-refractivity contribution in [2.45, 2.75) is 13.0 Å². The van der Waals surface area contributed by atoms with E-state index in [0.29, 0.717) is 0 Å². The number of nitrogens with one attached hydrogen (secondary N) is 1. The van der Waals surface area contributed by atoms with E-state index in [2.05, 4.69) is 34.8 Å². The molecule has 2 aromatic heterocycles. The van der Waals surface area contributed by atoms with Crippen LogP contribution in [0, 0.1) is 6.92 Å². The second-order valence-electron chi connectivity index (χ2n) is 3.33. The molecule has 0 saturated heterocycles. The van der Waals surface area contributed by atoms with Crippen molar-refractivity contribution in [1.29, 1.82) is 0 Å². The predicted molar refractivity (Wildman–Crippen MR) is 59.2 cm³/mol. The first-order valence-corrected chi connectivity index (χ1v) is 5.41. The van der Waals surface area contributed by atoms with Crippen LogP contribution < -0.4 is 11.3 Å². The van der Waals surface area contributed by atoms with Gasteiger partial charge in [-0.15, -0.1) is 16.4 Å². The molecule has 1 atom stereocenters. The van der Waals surface area contributed by atoms with Gasteiger partial charge in [-0.05, 0) is 19.1 Å². The molecule has 0 aromatic carbocycles. The Bertz CT molecular complexity index is 447. The Labute approximate surface area is 91.9 Å². The SMILES string of the molecule is Cc1ccc(C(NN)c2cnnn2C)s1. The molecule has 2 rings (SSSR count). The highest BCUT2D eigenvalue weighted by Crippen LogP contribution is 2.26. The van der Waals surface area contributed by atoms with Crippen molar-refractivity contribution in [3.8, 4) is 0 Å². The molecule has 0 aliphatic rings. The van der Waals surface area contributed by atoms with Crippen LogP contribution in [-0.2, 0) is 7.05 Å². The third kappa shape index (κ3) is 1.92. The van der Waals surface area contributed by atoms with Crippen LogP contribution in [0.15, 0.2) is 18.3 Å². The second-order valence-corrected chi connectivity index (χ2v) is 4.65. The molecular formula is C9H13N5S. The molecule has 0 aliphatic heterocycles. The average Bonchev–Trinajstić information content (AvgIpc) is 2.79. The van der Waals surface area contributed by atoms with E-state index in [4.69, 9.17) is 5.84 Å². The fourth-order valence-electron chi connectivity index (χ4n) is 1.48. The maximum atomic E-state index is 5.56. The number of hydrogen-bond acceptors (Lipinski definition) is 5. The van der Waals surface area contributed by atoms with E-state index in [1.807, 2.05) is 7.05 Å². The number of rotatable bonds is 3. The lowest BCUT2D eigenvalue weighted by atomic mass is 10.2. The van der Waals surface area contributed by atoms with E-state index < -0.39 is 0 Å². The van der Waals surface area contributed by atoms with Crippen LogP contribution in [-0.4, -0.2) is 15.0 Å². The fourth-order valence-corrected chi connectivity index (χ4v) is 2.43. The van der Waals surface area contributed by atoms with Crippen molar-refractivity contribution < 1.29 is 0 Å². The molecule has 0 aliphatic carbocycles. The zero-order valence-corrected chi connectivity index (χ0v) is 9.45. The van der Waals surface area contributed by atoms with Crippen LogP contribution in [0.1, 0.15) is 21.5 Å². The summed E-state index contributed by atoms with van der Waals surface area (Å²) in [4.78, 5) is 2.43. The van der Waals surface area contributed by atoms with Crippen LogP contribution in [0.5, 0.6) is 0 Å². The normalized spacial score (nSPS) is 13.0. The van der Waals surface area contributed by atoms with Crippen LogP contribution in [0.25, 0.3) is 0 Å². The molecule has 0 radical (unpaired) electrons. The van der Waals surface area contributed by atoms with Gasteiger partial charge in [-0.25, -0.2) is 5.43 Å². The number of aromatic nitrogens is 3. The van der Waals surface area contributed by atoms with Gasteiger partial charge in [0.15, 0.2) is 0 Å².